The molecule has 0 aliphatic heterocycles. The number of carbonyl (C=O) groups is 1. The van der Waals surface area contributed by atoms with Crippen molar-refractivity contribution < 1.29 is 18.0 Å². The van der Waals surface area contributed by atoms with E-state index in [-0.39, 0.29) is 10.6 Å². The van der Waals surface area contributed by atoms with Crippen LogP contribution in [-0.4, -0.2) is 10.9 Å². The zero-order chi connectivity index (χ0) is 22.5. The summed E-state index contributed by atoms with van der Waals surface area (Å²) >= 11 is 2.79. The molecule has 1 aliphatic carbocycles. The van der Waals surface area contributed by atoms with Crippen molar-refractivity contribution in [3.63, 3.8) is 0 Å². The number of benzene rings is 1. The molecule has 0 unspecified atom stereocenters. The highest BCUT2D eigenvalue weighted by molar-refractivity contribution is 7.21. The lowest BCUT2D eigenvalue weighted by Gasteiger charge is -2.19. The number of nitrogens with one attached hydrogen (secondary N) is 1. The minimum atomic E-state index is -4.49. The fraction of sp³-hybridized carbons (Fsp3) is 0.217. The van der Waals surface area contributed by atoms with E-state index in [2.05, 4.69) is 5.32 Å². The van der Waals surface area contributed by atoms with Gasteiger partial charge in [0.15, 0.2) is 0 Å². The number of aromatic nitrogens is 1. The molecule has 4 nitrogen and oxygen atoms in total. The molecule has 3 heterocycles. The Hall–Kier alpha value is -2.91. The van der Waals surface area contributed by atoms with E-state index in [0.29, 0.717) is 10.5 Å². The lowest BCUT2D eigenvalue weighted by atomic mass is 9.90. The first kappa shape index (κ1) is 21.0. The molecule has 3 aromatic heterocycles. The summed E-state index contributed by atoms with van der Waals surface area (Å²) in [5.41, 5.74) is 9.28. The number of alkyl halides is 3. The predicted molar refractivity (Wildman–Crippen MR) is 123 cm³/mol. The Morgan fingerprint density at radius 3 is 2.69 bits per heavy atom. The first-order valence-electron chi connectivity index (χ1n) is 10.1. The van der Waals surface area contributed by atoms with Crippen LogP contribution in [-0.2, 0) is 19.0 Å². The number of nitrogen functional groups attached to an aromatic ring is 1. The van der Waals surface area contributed by atoms with Crippen LogP contribution >= 0.6 is 22.7 Å². The molecule has 3 N–H and O–H groups in total. The molecule has 0 saturated carbocycles. The van der Waals surface area contributed by atoms with Gasteiger partial charge in [-0.2, -0.15) is 13.2 Å². The van der Waals surface area contributed by atoms with Gasteiger partial charge in [-0.3, -0.25) is 4.79 Å². The summed E-state index contributed by atoms with van der Waals surface area (Å²) in [6.07, 6.45) is -0.555. The second-order valence-electron chi connectivity index (χ2n) is 7.65. The maximum Gasteiger partial charge on any atom is 0.416 e. The van der Waals surface area contributed by atoms with E-state index < -0.39 is 17.6 Å². The van der Waals surface area contributed by atoms with Crippen molar-refractivity contribution in [3.8, 4) is 10.4 Å². The molecule has 0 bridgehead atoms. The average Bonchev–Trinajstić information content (AvgIpc) is 3.40. The normalized spacial score (nSPS) is 13.8. The van der Waals surface area contributed by atoms with Crippen molar-refractivity contribution in [3.05, 3.63) is 63.5 Å². The highest BCUT2D eigenvalue weighted by atomic mass is 32.1. The van der Waals surface area contributed by atoms with Crippen LogP contribution in [0.15, 0.2) is 41.8 Å². The van der Waals surface area contributed by atoms with E-state index in [9.17, 15) is 18.0 Å². The summed E-state index contributed by atoms with van der Waals surface area (Å²) < 4.78 is 39.1. The SMILES string of the molecule is Nc1c(C(=O)Nc2cccc(C(F)(F)F)c2)sc2nc3c(c(-c4cccs4)c12)CCCC3. The van der Waals surface area contributed by atoms with Gasteiger partial charge in [0, 0.05) is 27.2 Å². The predicted octanol–water partition coefficient (Wildman–Crippen LogP) is 6.76. The van der Waals surface area contributed by atoms with Crippen LogP contribution in [0.2, 0.25) is 0 Å². The Bertz CT molecular complexity index is 1330. The zero-order valence-corrected chi connectivity index (χ0v) is 18.4. The van der Waals surface area contributed by atoms with E-state index in [4.69, 9.17) is 10.7 Å². The lowest BCUT2D eigenvalue weighted by molar-refractivity contribution is -0.137. The Morgan fingerprint density at radius 1 is 1.12 bits per heavy atom. The van der Waals surface area contributed by atoms with E-state index in [1.165, 1.54) is 29.0 Å². The molecule has 0 fully saturated rings. The first-order chi connectivity index (χ1) is 15.3. The topological polar surface area (TPSA) is 68.0 Å². The molecule has 0 spiro atoms. The van der Waals surface area contributed by atoms with Crippen LogP contribution in [0.25, 0.3) is 20.7 Å². The third kappa shape index (κ3) is 3.65. The second kappa shape index (κ2) is 7.90. The number of nitrogens with zero attached hydrogens (tertiary/aromatic N) is 1. The quantitative estimate of drug-likeness (QED) is 0.346. The molecular formula is C23H18F3N3OS2. The third-order valence-corrected chi connectivity index (χ3v) is 7.56. The van der Waals surface area contributed by atoms with Gasteiger partial charge in [0.05, 0.1) is 11.3 Å². The van der Waals surface area contributed by atoms with Crippen molar-refractivity contribution >= 4 is 50.2 Å². The molecule has 32 heavy (non-hydrogen) atoms. The number of thiophene rings is 2. The number of carbonyl (C=O) groups excluding carboxylic acids is 1. The molecule has 5 rings (SSSR count). The molecule has 9 heteroatoms. The number of pyridine rings is 1. The van der Waals surface area contributed by atoms with Gasteiger partial charge in [-0.1, -0.05) is 12.1 Å². The van der Waals surface area contributed by atoms with Gasteiger partial charge in [0.25, 0.3) is 5.91 Å². The van der Waals surface area contributed by atoms with Crippen LogP contribution in [0.4, 0.5) is 24.5 Å². The molecule has 164 valence electrons. The maximum atomic E-state index is 13.0. The van der Waals surface area contributed by atoms with E-state index in [0.717, 1.165) is 59.3 Å². The van der Waals surface area contributed by atoms with Crippen molar-refractivity contribution in [2.24, 2.45) is 0 Å². The molecule has 1 aromatic carbocycles. The Balaban J connectivity index is 1.60. The summed E-state index contributed by atoms with van der Waals surface area (Å²) in [5.74, 6) is -0.542. The molecule has 4 aromatic rings. The van der Waals surface area contributed by atoms with Crippen molar-refractivity contribution in [2.45, 2.75) is 31.9 Å². The Morgan fingerprint density at radius 2 is 1.94 bits per heavy atom. The number of anilines is 2. The summed E-state index contributed by atoms with van der Waals surface area (Å²) in [5, 5.41) is 5.32. The Kier molecular flexibility index (Phi) is 5.17. The standard InChI is InChI=1S/C23H18F3N3OS2/c24-23(25,26)12-5-3-6-13(11-12)28-21(30)20-19(27)18-17(16-9-4-10-31-16)14-7-1-2-8-15(14)29-22(18)32-20/h3-6,9-11H,1-2,7-8,27H2,(H,28,30). The largest absolute Gasteiger partial charge is 0.416 e. The van der Waals surface area contributed by atoms with E-state index in [1.54, 1.807) is 11.3 Å². The number of fused-ring (bicyclic) bond motifs is 2. The number of nitrogens with two attached hydrogens (primary N) is 1. The lowest BCUT2D eigenvalue weighted by Crippen LogP contribution is -2.13. The van der Waals surface area contributed by atoms with Gasteiger partial charge in [-0.15, -0.1) is 22.7 Å². The number of aryl methyl sites for hydroxylation is 1. The third-order valence-electron chi connectivity index (χ3n) is 5.58. The molecular weight excluding hydrogens is 455 g/mol. The van der Waals surface area contributed by atoms with Gasteiger partial charge in [-0.05, 0) is 60.9 Å². The fourth-order valence-electron chi connectivity index (χ4n) is 4.13. The van der Waals surface area contributed by atoms with Crippen molar-refractivity contribution in [2.75, 3.05) is 11.1 Å². The zero-order valence-electron chi connectivity index (χ0n) is 16.8. The first-order valence-corrected chi connectivity index (χ1v) is 11.8. The number of halogens is 3. The highest BCUT2D eigenvalue weighted by Crippen LogP contribution is 2.45. The molecule has 1 amide bonds. The molecule has 0 saturated heterocycles. The fourth-order valence-corrected chi connectivity index (χ4v) is 5.95. The minimum Gasteiger partial charge on any atom is -0.397 e. The second-order valence-corrected chi connectivity index (χ2v) is 9.60. The van der Waals surface area contributed by atoms with Gasteiger partial charge < -0.3 is 11.1 Å². The maximum absolute atomic E-state index is 13.0. The Labute approximate surface area is 189 Å². The van der Waals surface area contributed by atoms with E-state index >= 15 is 0 Å². The van der Waals surface area contributed by atoms with Crippen LogP contribution in [0.3, 0.4) is 0 Å². The van der Waals surface area contributed by atoms with Crippen LogP contribution in [0, 0.1) is 0 Å². The van der Waals surface area contributed by atoms with Crippen LogP contribution in [0.5, 0.6) is 0 Å². The number of hydrogen-bond acceptors (Lipinski definition) is 5. The van der Waals surface area contributed by atoms with Gasteiger partial charge in [-0.25, -0.2) is 4.98 Å². The van der Waals surface area contributed by atoms with Crippen molar-refractivity contribution in [1.29, 1.82) is 0 Å². The molecule has 0 atom stereocenters. The summed E-state index contributed by atoms with van der Waals surface area (Å²) in [7, 11) is 0. The number of amides is 1. The molecule has 0 radical (unpaired) electrons. The number of rotatable bonds is 3. The summed E-state index contributed by atoms with van der Waals surface area (Å²) in [6.45, 7) is 0. The highest BCUT2D eigenvalue weighted by Gasteiger charge is 2.31. The van der Waals surface area contributed by atoms with Crippen molar-refractivity contribution in [1.82, 2.24) is 4.98 Å². The minimum absolute atomic E-state index is 0.0624. The van der Waals surface area contributed by atoms with Crippen LogP contribution < -0.4 is 11.1 Å². The summed E-state index contributed by atoms with van der Waals surface area (Å²) in [4.78, 5) is 19.8. The monoisotopic (exact) mass is 473 g/mol. The number of hydrogen-bond donors (Lipinski definition) is 2. The van der Waals surface area contributed by atoms with Gasteiger partial charge in [0.1, 0.15) is 9.71 Å². The molecule has 1 aliphatic rings. The van der Waals surface area contributed by atoms with Gasteiger partial charge in [0.2, 0.25) is 0 Å². The average molecular weight is 474 g/mol. The van der Waals surface area contributed by atoms with Crippen LogP contribution in [0.1, 0.15) is 39.3 Å². The summed E-state index contributed by atoms with van der Waals surface area (Å²) in [6, 6.07) is 8.57. The van der Waals surface area contributed by atoms with E-state index in [1.807, 2.05) is 17.5 Å². The van der Waals surface area contributed by atoms with Gasteiger partial charge >= 0.3 is 6.18 Å². The smallest absolute Gasteiger partial charge is 0.397 e.